The number of fused-ring (bicyclic) bond motifs is 5. The van der Waals surface area contributed by atoms with E-state index < -0.39 is 0 Å². The van der Waals surface area contributed by atoms with Gasteiger partial charge in [-0.2, -0.15) is 0 Å². The molecule has 1 heterocycles. The van der Waals surface area contributed by atoms with E-state index in [1.807, 2.05) is 12.1 Å². The summed E-state index contributed by atoms with van der Waals surface area (Å²) in [4.78, 5) is 12.0. The molecule has 0 spiro atoms. The van der Waals surface area contributed by atoms with Gasteiger partial charge in [-0.25, -0.2) is 0 Å². The van der Waals surface area contributed by atoms with Crippen LogP contribution in [-0.4, -0.2) is 12.3 Å². The van der Waals surface area contributed by atoms with Crippen molar-refractivity contribution in [2.24, 2.45) is 0 Å². The molecular formula is C17H13NO. The molecule has 0 amide bonds. The quantitative estimate of drug-likeness (QED) is 0.608. The van der Waals surface area contributed by atoms with E-state index in [0.29, 0.717) is 6.42 Å². The number of carbonyl (C=O) groups excluding carboxylic acids is 1. The highest BCUT2D eigenvalue weighted by molar-refractivity contribution is 6.17. The highest BCUT2D eigenvalue weighted by Crippen LogP contribution is 2.34. The van der Waals surface area contributed by atoms with E-state index in [2.05, 4.69) is 41.7 Å². The first kappa shape index (κ1) is 10.6. The van der Waals surface area contributed by atoms with Gasteiger partial charge in [-0.3, -0.25) is 4.79 Å². The molecule has 1 aliphatic heterocycles. The molecule has 2 nitrogen and oxygen atoms in total. The first-order valence-corrected chi connectivity index (χ1v) is 6.56. The number of anilines is 1. The third-order valence-electron chi connectivity index (χ3n) is 3.88. The molecule has 3 aromatic carbocycles. The summed E-state index contributed by atoms with van der Waals surface area (Å²) < 4.78 is 0. The topological polar surface area (TPSA) is 29.1 Å². The molecule has 1 N–H and O–H groups in total. The summed E-state index contributed by atoms with van der Waals surface area (Å²) in [7, 11) is 0. The van der Waals surface area contributed by atoms with Gasteiger partial charge in [-0.15, -0.1) is 0 Å². The summed E-state index contributed by atoms with van der Waals surface area (Å²) in [5, 5.41) is 8.20. The lowest BCUT2D eigenvalue weighted by Gasteiger charge is -2.19. The van der Waals surface area contributed by atoms with Crippen LogP contribution >= 0.6 is 0 Å². The summed E-state index contributed by atoms with van der Waals surface area (Å²) in [5.41, 5.74) is 1.83. The molecule has 0 unspecified atom stereocenters. The Labute approximate surface area is 111 Å². The Kier molecular flexibility index (Phi) is 2.12. The Bertz CT molecular complexity index is 820. The Morgan fingerprint density at radius 2 is 1.68 bits per heavy atom. The minimum absolute atomic E-state index is 0.240. The van der Waals surface area contributed by atoms with Crippen molar-refractivity contribution in [1.82, 2.24) is 0 Å². The van der Waals surface area contributed by atoms with Crippen LogP contribution in [0.1, 0.15) is 16.8 Å². The third-order valence-corrected chi connectivity index (χ3v) is 3.88. The number of hydrogen-bond donors (Lipinski definition) is 1. The van der Waals surface area contributed by atoms with Crippen molar-refractivity contribution in [3.8, 4) is 0 Å². The lowest BCUT2D eigenvalue weighted by Crippen LogP contribution is -2.18. The predicted octanol–water partition coefficient (Wildman–Crippen LogP) is 3.99. The van der Waals surface area contributed by atoms with Crippen LogP contribution in [0.5, 0.6) is 0 Å². The molecule has 3 aromatic rings. The fraction of sp³-hybridized carbons (Fsp3) is 0.118. The molecule has 0 bridgehead atoms. The van der Waals surface area contributed by atoms with Gasteiger partial charge >= 0.3 is 0 Å². The molecule has 2 heteroatoms. The van der Waals surface area contributed by atoms with E-state index in [1.165, 1.54) is 16.2 Å². The number of hydrogen-bond acceptors (Lipinski definition) is 2. The highest BCUT2D eigenvalue weighted by Gasteiger charge is 2.19. The standard InChI is InChI=1S/C17H13NO/c19-16-9-10-18-17-14-6-5-11-3-1-2-4-12(11)13(14)7-8-15(16)17/h1-8,18H,9-10H2. The number of carbonyl (C=O) groups is 1. The van der Waals surface area contributed by atoms with E-state index >= 15 is 0 Å². The van der Waals surface area contributed by atoms with Crippen molar-refractivity contribution >= 4 is 33.0 Å². The third kappa shape index (κ3) is 1.46. The van der Waals surface area contributed by atoms with Gasteiger partial charge in [-0.1, -0.05) is 42.5 Å². The molecule has 0 fully saturated rings. The molecule has 4 rings (SSSR count). The second-order valence-electron chi connectivity index (χ2n) is 4.97. The van der Waals surface area contributed by atoms with Crippen molar-refractivity contribution in [1.29, 1.82) is 0 Å². The first-order valence-electron chi connectivity index (χ1n) is 6.56. The van der Waals surface area contributed by atoms with Gasteiger partial charge in [0.05, 0.1) is 5.69 Å². The minimum atomic E-state index is 0.240. The van der Waals surface area contributed by atoms with Crippen LogP contribution in [0.4, 0.5) is 5.69 Å². The lowest BCUT2D eigenvalue weighted by molar-refractivity contribution is 0.0984. The van der Waals surface area contributed by atoms with Crippen LogP contribution in [0.25, 0.3) is 21.5 Å². The van der Waals surface area contributed by atoms with Crippen molar-refractivity contribution in [3.63, 3.8) is 0 Å². The Balaban J connectivity index is 2.16. The smallest absolute Gasteiger partial charge is 0.166 e. The molecule has 0 aliphatic carbocycles. The molecule has 92 valence electrons. The normalized spacial score (nSPS) is 14.4. The maximum Gasteiger partial charge on any atom is 0.166 e. The minimum Gasteiger partial charge on any atom is -0.383 e. The maximum atomic E-state index is 12.0. The van der Waals surface area contributed by atoms with Gasteiger partial charge in [0.15, 0.2) is 5.78 Å². The fourth-order valence-corrected chi connectivity index (χ4v) is 2.95. The summed E-state index contributed by atoms with van der Waals surface area (Å²) in [6.45, 7) is 0.734. The molecule has 1 aliphatic rings. The average molecular weight is 247 g/mol. The van der Waals surface area contributed by atoms with Gasteiger partial charge in [0.1, 0.15) is 0 Å². The molecule has 0 saturated heterocycles. The summed E-state index contributed by atoms with van der Waals surface area (Å²) >= 11 is 0. The van der Waals surface area contributed by atoms with Gasteiger partial charge < -0.3 is 5.32 Å². The number of rotatable bonds is 0. The fourth-order valence-electron chi connectivity index (χ4n) is 2.95. The van der Waals surface area contributed by atoms with Crippen LogP contribution in [0.3, 0.4) is 0 Å². The van der Waals surface area contributed by atoms with Crippen LogP contribution in [0.2, 0.25) is 0 Å². The Morgan fingerprint density at radius 3 is 2.63 bits per heavy atom. The summed E-state index contributed by atoms with van der Waals surface area (Å²) in [5.74, 6) is 0.240. The largest absolute Gasteiger partial charge is 0.383 e. The van der Waals surface area contributed by atoms with Crippen molar-refractivity contribution < 1.29 is 4.79 Å². The number of ketones is 1. The second-order valence-corrected chi connectivity index (χ2v) is 4.97. The van der Waals surface area contributed by atoms with Crippen LogP contribution in [0, 0.1) is 0 Å². The summed E-state index contributed by atoms with van der Waals surface area (Å²) in [6, 6.07) is 16.6. The van der Waals surface area contributed by atoms with E-state index in [-0.39, 0.29) is 5.78 Å². The van der Waals surface area contributed by atoms with E-state index in [4.69, 9.17) is 0 Å². The Morgan fingerprint density at radius 1 is 0.842 bits per heavy atom. The van der Waals surface area contributed by atoms with Crippen LogP contribution in [-0.2, 0) is 0 Å². The lowest BCUT2D eigenvalue weighted by atomic mass is 9.94. The first-order chi connectivity index (χ1) is 9.34. The van der Waals surface area contributed by atoms with Crippen molar-refractivity contribution in [2.45, 2.75) is 6.42 Å². The van der Waals surface area contributed by atoms with E-state index in [9.17, 15) is 4.79 Å². The summed E-state index contributed by atoms with van der Waals surface area (Å²) in [6.07, 6.45) is 0.589. The van der Waals surface area contributed by atoms with Crippen molar-refractivity contribution in [3.05, 3.63) is 54.1 Å². The monoisotopic (exact) mass is 247 g/mol. The van der Waals surface area contributed by atoms with E-state index in [1.54, 1.807) is 0 Å². The zero-order chi connectivity index (χ0) is 12.8. The molecule has 0 saturated carbocycles. The van der Waals surface area contributed by atoms with Crippen LogP contribution in [0.15, 0.2) is 48.5 Å². The highest BCUT2D eigenvalue weighted by atomic mass is 16.1. The predicted molar refractivity (Wildman–Crippen MR) is 78.9 cm³/mol. The zero-order valence-corrected chi connectivity index (χ0v) is 10.4. The number of benzene rings is 3. The molecular weight excluding hydrogens is 234 g/mol. The molecule has 0 aromatic heterocycles. The molecule has 0 atom stereocenters. The Hall–Kier alpha value is -2.35. The van der Waals surface area contributed by atoms with Crippen LogP contribution < -0.4 is 5.32 Å². The number of Topliss-reactive ketones (excluding diaryl/α,β-unsaturated/α-hetero) is 1. The van der Waals surface area contributed by atoms with Gasteiger partial charge in [-0.05, 0) is 22.2 Å². The van der Waals surface area contributed by atoms with Gasteiger partial charge in [0.25, 0.3) is 0 Å². The zero-order valence-electron chi connectivity index (χ0n) is 10.4. The SMILES string of the molecule is O=C1CCNc2c1ccc1c2ccc2ccccc21. The van der Waals surface area contributed by atoms with E-state index in [0.717, 1.165) is 23.2 Å². The maximum absolute atomic E-state index is 12.0. The second kappa shape index (κ2) is 3.82. The molecule has 19 heavy (non-hydrogen) atoms. The van der Waals surface area contributed by atoms with Crippen molar-refractivity contribution in [2.75, 3.05) is 11.9 Å². The average Bonchev–Trinajstić information content (AvgIpc) is 2.47. The number of nitrogens with one attached hydrogen (secondary N) is 1. The van der Waals surface area contributed by atoms with Gasteiger partial charge in [0, 0.05) is 23.9 Å². The van der Waals surface area contributed by atoms with Gasteiger partial charge in [0.2, 0.25) is 0 Å². The molecule has 0 radical (unpaired) electrons.